The van der Waals surface area contributed by atoms with Crippen molar-refractivity contribution in [2.24, 2.45) is 0 Å². The molecule has 1 heterocycles. The van der Waals surface area contributed by atoms with E-state index >= 15 is 0 Å². The van der Waals surface area contributed by atoms with Crippen LogP contribution in [0.1, 0.15) is 25.7 Å². The summed E-state index contributed by atoms with van der Waals surface area (Å²) in [5.41, 5.74) is 0. The third-order valence-electron chi connectivity index (χ3n) is 3.24. The molecule has 0 aromatic rings. The summed E-state index contributed by atoms with van der Waals surface area (Å²) in [5, 5.41) is 3.36. The van der Waals surface area contributed by atoms with Crippen LogP contribution in [0.2, 0.25) is 0 Å². The van der Waals surface area contributed by atoms with Crippen molar-refractivity contribution in [3.63, 3.8) is 0 Å². The quantitative estimate of drug-likeness (QED) is 0.584. The lowest BCUT2D eigenvalue weighted by molar-refractivity contribution is 0.0997. The minimum atomic E-state index is 0.545. The fourth-order valence-electron chi connectivity index (χ4n) is 2.14. The maximum Gasteiger partial charge on any atom is 0.0587 e. The number of rotatable bonds is 10. The highest BCUT2D eigenvalue weighted by Crippen LogP contribution is 2.16. The molecule has 102 valence electrons. The molecule has 0 aromatic heterocycles. The predicted molar refractivity (Wildman–Crippen MR) is 70.5 cm³/mol. The summed E-state index contributed by atoms with van der Waals surface area (Å²) >= 11 is 0. The first-order valence-corrected chi connectivity index (χ1v) is 6.82. The predicted octanol–water partition coefficient (Wildman–Crippen LogP) is 1.11. The van der Waals surface area contributed by atoms with Gasteiger partial charge < -0.3 is 19.7 Å². The van der Waals surface area contributed by atoms with Crippen molar-refractivity contribution in [2.45, 2.75) is 31.8 Å². The van der Waals surface area contributed by atoms with Gasteiger partial charge in [-0.25, -0.2) is 0 Å². The van der Waals surface area contributed by atoms with Gasteiger partial charge in [0.25, 0.3) is 0 Å². The van der Waals surface area contributed by atoms with Crippen LogP contribution in [-0.2, 0) is 9.47 Å². The van der Waals surface area contributed by atoms with Crippen LogP contribution in [0.5, 0.6) is 0 Å². The van der Waals surface area contributed by atoms with E-state index in [0.29, 0.717) is 6.10 Å². The smallest absolute Gasteiger partial charge is 0.0587 e. The van der Waals surface area contributed by atoms with E-state index in [1.165, 1.54) is 32.2 Å². The van der Waals surface area contributed by atoms with Crippen molar-refractivity contribution in [3.05, 3.63) is 0 Å². The first kappa shape index (κ1) is 14.9. The van der Waals surface area contributed by atoms with Crippen LogP contribution in [0.4, 0.5) is 0 Å². The first-order chi connectivity index (χ1) is 8.33. The zero-order valence-corrected chi connectivity index (χ0v) is 11.4. The highest BCUT2D eigenvalue weighted by Gasteiger charge is 2.14. The second kappa shape index (κ2) is 9.83. The maximum atomic E-state index is 5.62. The molecule has 1 aliphatic heterocycles. The van der Waals surface area contributed by atoms with Gasteiger partial charge in [-0.3, -0.25) is 0 Å². The van der Waals surface area contributed by atoms with Crippen molar-refractivity contribution in [1.82, 2.24) is 10.2 Å². The topological polar surface area (TPSA) is 33.7 Å². The highest BCUT2D eigenvalue weighted by molar-refractivity contribution is 4.65. The number of nitrogens with zero attached hydrogens (tertiary/aromatic N) is 1. The van der Waals surface area contributed by atoms with Crippen LogP contribution in [0.25, 0.3) is 0 Å². The minimum absolute atomic E-state index is 0.545. The molecule has 0 saturated carbocycles. The number of ether oxygens (including phenoxy) is 2. The Kier molecular flexibility index (Phi) is 8.61. The maximum absolute atomic E-state index is 5.62. The van der Waals surface area contributed by atoms with Crippen LogP contribution in [0.15, 0.2) is 0 Å². The Labute approximate surface area is 106 Å². The van der Waals surface area contributed by atoms with Gasteiger partial charge in [0.1, 0.15) is 0 Å². The lowest BCUT2D eigenvalue weighted by Gasteiger charge is -2.18. The van der Waals surface area contributed by atoms with E-state index < -0.39 is 0 Å². The van der Waals surface area contributed by atoms with Crippen molar-refractivity contribution < 1.29 is 9.47 Å². The van der Waals surface area contributed by atoms with E-state index in [1.807, 2.05) is 0 Å². The molecule has 0 aliphatic carbocycles. The summed E-state index contributed by atoms with van der Waals surface area (Å²) in [6.45, 7) is 6.04. The van der Waals surface area contributed by atoms with Gasteiger partial charge in [0.05, 0.1) is 12.7 Å². The molecule has 1 atom stereocenters. The Hall–Kier alpha value is -0.160. The lowest BCUT2D eigenvalue weighted by Crippen LogP contribution is -2.31. The number of nitrogens with one attached hydrogen (secondary N) is 1. The molecule has 1 unspecified atom stereocenters. The third kappa shape index (κ3) is 7.71. The van der Waals surface area contributed by atoms with E-state index in [4.69, 9.17) is 9.47 Å². The van der Waals surface area contributed by atoms with E-state index in [2.05, 4.69) is 17.3 Å². The molecule has 0 amide bonds. The molecule has 0 aromatic carbocycles. The number of hydrogen-bond acceptors (Lipinski definition) is 4. The Bertz CT molecular complexity index is 173. The molecule has 1 saturated heterocycles. The van der Waals surface area contributed by atoms with Gasteiger partial charge in [-0.05, 0) is 39.3 Å². The highest BCUT2D eigenvalue weighted by atomic mass is 16.5. The largest absolute Gasteiger partial charge is 0.383 e. The Morgan fingerprint density at radius 1 is 1.35 bits per heavy atom. The molecule has 1 aliphatic rings. The normalized spacial score (nSPS) is 20.3. The van der Waals surface area contributed by atoms with Gasteiger partial charge in [0.2, 0.25) is 0 Å². The van der Waals surface area contributed by atoms with Gasteiger partial charge in [-0.2, -0.15) is 0 Å². The Balaban J connectivity index is 1.84. The molecule has 4 heteroatoms. The van der Waals surface area contributed by atoms with Crippen LogP contribution in [-0.4, -0.2) is 64.6 Å². The van der Waals surface area contributed by atoms with E-state index in [1.54, 1.807) is 7.11 Å². The van der Waals surface area contributed by atoms with E-state index in [9.17, 15) is 0 Å². The minimum Gasteiger partial charge on any atom is -0.383 e. The standard InChI is InChI=1S/C13H28N2O2/c1-15(10-7-14-8-12-16-2)9-3-5-13-6-4-11-17-13/h13-14H,3-12H2,1-2H3. The summed E-state index contributed by atoms with van der Waals surface area (Å²) in [6, 6.07) is 0. The molecule has 1 N–H and O–H groups in total. The molecule has 1 rings (SSSR count). The van der Waals surface area contributed by atoms with Gasteiger partial charge in [0, 0.05) is 33.4 Å². The summed E-state index contributed by atoms with van der Waals surface area (Å²) < 4.78 is 10.6. The van der Waals surface area contributed by atoms with Crippen LogP contribution in [0, 0.1) is 0 Å². The van der Waals surface area contributed by atoms with Crippen LogP contribution in [0.3, 0.4) is 0 Å². The average Bonchev–Trinajstić information content (AvgIpc) is 2.82. The number of methoxy groups -OCH3 is 1. The van der Waals surface area contributed by atoms with Crippen molar-refractivity contribution >= 4 is 0 Å². The second-order valence-corrected chi connectivity index (χ2v) is 4.82. The first-order valence-electron chi connectivity index (χ1n) is 6.82. The zero-order chi connectivity index (χ0) is 12.3. The number of likely N-dealkylation sites (N-methyl/N-ethyl adjacent to an activating group) is 1. The second-order valence-electron chi connectivity index (χ2n) is 4.82. The molecule has 4 nitrogen and oxygen atoms in total. The molecule has 0 spiro atoms. The fraction of sp³-hybridized carbons (Fsp3) is 1.00. The van der Waals surface area contributed by atoms with Crippen LogP contribution >= 0.6 is 0 Å². The van der Waals surface area contributed by atoms with E-state index in [0.717, 1.165) is 32.8 Å². The summed E-state index contributed by atoms with van der Waals surface area (Å²) in [4.78, 5) is 2.38. The average molecular weight is 244 g/mol. The zero-order valence-electron chi connectivity index (χ0n) is 11.4. The van der Waals surface area contributed by atoms with E-state index in [-0.39, 0.29) is 0 Å². The Morgan fingerprint density at radius 2 is 2.24 bits per heavy atom. The van der Waals surface area contributed by atoms with Crippen molar-refractivity contribution in [1.29, 1.82) is 0 Å². The van der Waals surface area contributed by atoms with Gasteiger partial charge in [-0.1, -0.05) is 0 Å². The summed E-state index contributed by atoms with van der Waals surface area (Å²) in [7, 11) is 3.92. The SMILES string of the molecule is COCCNCCN(C)CCCC1CCCO1. The van der Waals surface area contributed by atoms with Gasteiger partial charge in [-0.15, -0.1) is 0 Å². The molecular formula is C13H28N2O2. The molecule has 0 radical (unpaired) electrons. The van der Waals surface area contributed by atoms with Crippen molar-refractivity contribution in [2.75, 3.05) is 53.6 Å². The fourth-order valence-corrected chi connectivity index (χ4v) is 2.14. The molecule has 1 fully saturated rings. The third-order valence-corrected chi connectivity index (χ3v) is 3.24. The number of hydrogen-bond donors (Lipinski definition) is 1. The molecule has 17 heavy (non-hydrogen) atoms. The van der Waals surface area contributed by atoms with Crippen LogP contribution < -0.4 is 5.32 Å². The van der Waals surface area contributed by atoms with Gasteiger partial charge >= 0.3 is 0 Å². The summed E-state index contributed by atoms with van der Waals surface area (Å²) in [6.07, 6.45) is 5.54. The van der Waals surface area contributed by atoms with Crippen molar-refractivity contribution in [3.8, 4) is 0 Å². The Morgan fingerprint density at radius 3 is 2.94 bits per heavy atom. The lowest BCUT2D eigenvalue weighted by atomic mass is 10.1. The summed E-state index contributed by atoms with van der Waals surface area (Å²) in [5.74, 6) is 0. The molecular weight excluding hydrogens is 216 g/mol. The van der Waals surface area contributed by atoms with Gasteiger partial charge in [0.15, 0.2) is 0 Å². The molecule has 0 bridgehead atoms. The monoisotopic (exact) mass is 244 g/mol.